The lowest BCUT2D eigenvalue weighted by molar-refractivity contribution is 0.307. The summed E-state index contributed by atoms with van der Waals surface area (Å²) in [6.45, 7) is 3.82. The van der Waals surface area contributed by atoms with E-state index in [0.29, 0.717) is 11.7 Å². The van der Waals surface area contributed by atoms with Crippen LogP contribution in [0.5, 0.6) is 0 Å². The SMILES string of the molecule is CC1(NS(=O)(=O)CC2CC2)CCNCC1. The monoisotopic (exact) mass is 232 g/mol. The van der Waals surface area contributed by atoms with Crippen LogP contribution >= 0.6 is 0 Å². The predicted octanol–water partition coefficient (Wildman–Crippen LogP) is 0.458. The van der Waals surface area contributed by atoms with Gasteiger partial charge in [0.25, 0.3) is 0 Å². The Kier molecular flexibility index (Phi) is 3.05. The van der Waals surface area contributed by atoms with E-state index in [1.807, 2.05) is 6.92 Å². The van der Waals surface area contributed by atoms with Gasteiger partial charge in [0, 0.05) is 5.54 Å². The molecule has 5 heteroatoms. The first-order chi connectivity index (χ1) is 6.99. The molecule has 15 heavy (non-hydrogen) atoms. The highest BCUT2D eigenvalue weighted by molar-refractivity contribution is 7.89. The molecule has 2 N–H and O–H groups in total. The Bertz CT molecular complexity index is 316. The Morgan fingerprint density at radius 3 is 2.47 bits per heavy atom. The Hall–Kier alpha value is -0.130. The molecule has 0 atom stereocenters. The summed E-state index contributed by atoms with van der Waals surface area (Å²) in [6, 6.07) is 0. The van der Waals surface area contributed by atoms with Gasteiger partial charge in [-0.25, -0.2) is 13.1 Å². The van der Waals surface area contributed by atoms with E-state index in [2.05, 4.69) is 10.0 Å². The van der Waals surface area contributed by atoms with Crippen molar-refractivity contribution < 1.29 is 8.42 Å². The van der Waals surface area contributed by atoms with Gasteiger partial charge in [0.05, 0.1) is 5.75 Å². The largest absolute Gasteiger partial charge is 0.317 e. The zero-order chi connectivity index (χ0) is 10.9. The second kappa shape index (κ2) is 4.03. The molecule has 1 heterocycles. The van der Waals surface area contributed by atoms with Crippen molar-refractivity contribution in [2.24, 2.45) is 5.92 Å². The van der Waals surface area contributed by atoms with Crippen molar-refractivity contribution in [1.82, 2.24) is 10.0 Å². The smallest absolute Gasteiger partial charge is 0.212 e. The fourth-order valence-electron chi connectivity index (χ4n) is 2.09. The first kappa shape index (κ1) is 11.4. The summed E-state index contributed by atoms with van der Waals surface area (Å²) >= 11 is 0. The molecule has 0 spiro atoms. The molecule has 4 nitrogen and oxygen atoms in total. The molecule has 0 amide bonds. The minimum atomic E-state index is -3.05. The first-order valence-electron chi connectivity index (χ1n) is 5.72. The van der Waals surface area contributed by atoms with E-state index >= 15 is 0 Å². The van der Waals surface area contributed by atoms with Crippen molar-refractivity contribution in [2.45, 2.75) is 38.1 Å². The third-order valence-corrected chi connectivity index (χ3v) is 4.98. The van der Waals surface area contributed by atoms with E-state index in [4.69, 9.17) is 0 Å². The van der Waals surface area contributed by atoms with Crippen LogP contribution in [0, 0.1) is 5.92 Å². The molecule has 0 unspecified atom stereocenters. The Morgan fingerprint density at radius 1 is 1.33 bits per heavy atom. The van der Waals surface area contributed by atoms with Gasteiger partial charge >= 0.3 is 0 Å². The van der Waals surface area contributed by atoms with E-state index in [9.17, 15) is 8.42 Å². The van der Waals surface area contributed by atoms with Crippen molar-refractivity contribution in [3.05, 3.63) is 0 Å². The highest BCUT2D eigenvalue weighted by Crippen LogP contribution is 2.30. The summed E-state index contributed by atoms with van der Waals surface area (Å²) in [5.41, 5.74) is -0.223. The second-order valence-electron chi connectivity index (χ2n) is 5.14. The lowest BCUT2D eigenvalue weighted by Crippen LogP contribution is -2.52. The van der Waals surface area contributed by atoms with Gasteiger partial charge in [-0.05, 0) is 51.6 Å². The number of sulfonamides is 1. The van der Waals surface area contributed by atoms with Crippen molar-refractivity contribution in [2.75, 3.05) is 18.8 Å². The van der Waals surface area contributed by atoms with Crippen molar-refractivity contribution in [3.63, 3.8) is 0 Å². The molecule has 88 valence electrons. The molecule has 1 aliphatic heterocycles. The molecule has 0 aromatic carbocycles. The maximum absolute atomic E-state index is 11.8. The first-order valence-corrected chi connectivity index (χ1v) is 7.37. The Morgan fingerprint density at radius 2 is 1.93 bits per heavy atom. The minimum absolute atomic E-state index is 0.223. The topological polar surface area (TPSA) is 58.2 Å². The summed E-state index contributed by atoms with van der Waals surface area (Å²) < 4.78 is 26.5. The molecule has 2 rings (SSSR count). The summed E-state index contributed by atoms with van der Waals surface area (Å²) in [7, 11) is -3.05. The average Bonchev–Trinajstić information content (AvgIpc) is 2.86. The zero-order valence-electron chi connectivity index (χ0n) is 9.25. The molecule has 2 aliphatic rings. The molecular weight excluding hydrogens is 212 g/mol. The third-order valence-electron chi connectivity index (χ3n) is 3.26. The number of hydrogen-bond donors (Lipinski definition) is 2. The predicted molar refractivity (Wildman–Crippen MR) is 60.2 cm³/mol. The van der Waals surface area contributed by atoms with E-state index in [-0.39, 0.29) is 5.54 Å². The molecule has 1 aliphatic carbocycles. The fourth-order valence-corrected chi connectivity index (χ4v) is 4.08. The Labute approximate surface area is 91.9 Å². The van der Waals surface area contributed by atoms with Gasteiger partial charge in [-0.3, -0.25) is 0 Å². The van der Waals surface area contributed by atoms with Crippen LogP contribution in [0.1, 0.15) is 32.6 Å². The van der Waals surface area contributed by atoms with Gasteiger partial charge in [0.1, 0.15) is 0 Å². The molecule has 0 bridgehead atoms. The van der Waals surface area contributed by atoms with Crippen LogP contribution in [0.15, 0.2) is 0 Å². The molecule has 1 saturated heterocycles. The number of hydrogen-bond acceptors (Lipinski definition) is 3. The number of rotatable bonds is 4. The molecular formula is C10H20N2O2S. The van der Waals surface area contributed by atoms with Crippen LogP contribution < -0.4 is 10.0 Å². The number of piperidine rings is 1. The minimum Gasteiger partial charge on any atom is -0.317 e. The lowest BCUT2D eigenvalue weighted by Gasteiger charge is -2.34. The van der Waals surface area contributed by atoms with Gasteiger partial charge in [0.2, 0.25) is 10.0 Å². The molecule has 0 aromatic rings. The quantitative estimate of drug-likeness (QED) is 0.740. The highest BCUT2D eigenvalue weighted by atomic mass is 32.2. The zero-order valence-corrected chi connectivity index (χ0v) is 10.1. The van der Waals surface area contributed by atoms with Crippen LogP contribution in [-0.4, -0.2) is 32.8 Å². The van der Waals surface area contributed by atoms with E-state index in [1.54, 1.807) is 0 Å². The summed E-state index contributed by atoms with van der Waals surface area (Å²) in [5.74, 6) is 0.753. The fraction of sp³-hybridized carbons (Fsp3) is 1.00. The molecule has 0 aromatic heterocycles. The summed E-state index contributed by atoms with van der Waals surface area (Å²) in [5, 5.41) is 3.24. The number of nitrogens with one attached hydrogen (secondary N) is 2. The highest BCUT2D eigenvalue weighted by Gasteiger charge is 2.34. The van der Waals surface area contributed by atoms with Gasteiger partial charge in [-0.2, -0.15) is 0 Å². The van der Waals surface area contributed by atoms with Gasteiger partial charge in [-0.15, -0.1) is 0 Å². The maximum Gasteiger partial charge on any atom is 0.212 e. The summed E-state index contributed by atoms with van der Waals surface area (Å²) in [4.78, 5) is 0. The van der Waals surface area contributed by atoms with Gasteiger partial charge in [-0.1, -0.05) is 0 Å². The average molecular weight is 232 g/mol. The maximum atomic E-state index is 11.8. The van der Waals surface area contributed by atoms with Crippen LogP contribution in [0.25, 0.3) is 0 Å². The summed E-state index contributed by atoms with van der Waals surface area (Å²) in [6.07, 6.45) is 3.94. The van der Waals surface area contributed by atoms with Crippen molar-refractivity contribution in [3.8, 4) is 0 Å². The van der Waals surface area contributed by atoms with E-state index in [0.717, 1.165) is 38.8 Å². The van der Waals surface area contributed by atoms with Gasteiger partial charge in [0.15, 0.2) is 0 Å². The second-order valence-corrected chi connectivity index (χ2v) is 6.90. The van der Waals surface area contributed by atoms with Crippen LogP contribution in [0.3, 0.4) is 0 Å². The van der Waals surface area contributed by atoms with Crippen molar-refractivity contribution in [1.29, 1.82) is 0 Å². The van der Waals surface area contributed by atoms with Crippen molar-refractivity contribution >= 4 is 10.0 Å². The lowest BCUT2D eigenvalue weighted by atomic mass is 9.92. The van der Waals surface area contributed by atoms with Gasteiger partial charge < -0.3 is 5.32 Å². The molecule has 1 saturated carbocycles. The van der Waals surface area contributed by atoms with E-state index in [1.165, 1.54) is 0 Å². The Balaban J connectivity index is 1.93. The van der Waals surface area contributed by atoms with Crippen LogP contribution in [-0.2, 0) is 10.0 Å². The third kappa shape index (κ3) is 3.43. The normalized spacial score (nSPS) is 26.5. The van der Waals surface area contributed by atoms with Crippen LogP contribution in [0.2, 0.25) is 0 Å². The molecule has 2 fully saturated rings. The van der Waals surface area contributed by atoms with E-state index < -0.39 is 10.0 Å². The standard InChI is InChI=1S/C10H20N2O2S/c1-10(4-6-11-7-5-10)12-15(13,14)8-9-2-3-9/h9,11-12H,2-8H2,1H3. The molecule has 0 radical (unpaired) electrons. The van der Waals surface area contributed by atoms with Crippen LogP contribution in [0.4, 0.5) is 0 Å².